The summed E-state index contributed by atoms with van der Waals surface area (Å²) < 4.78 is 72.1. The first-order valence-corrected chi connectivity index (χ1v) is 8.45. The second kappa shape index (κ2) is 8.36. The van der Waals surface area contributed by atoms with Gasteiger partial charge in [0.05, 0.1) is 24.0 Å². The molecule has 3 rings (SSSR count). The van der Waals surface area contributed by atoms with Crippen molar-refractivity contribution in [1.82, 2.24) is 9.78 Å². The number of furan rings is 1. The predicted octanol–water partition coefficient (Wildman–Crippen LogP) is 5.12. The van der Waals surface area contributed by atoms with Crippen LogP contribution >= 0.6 is 0 Å². The van der Waals surface area contributed by atoms with Crippen LogP contribution in [0, 0.1) is 11.6 Å². The standard InChI is InChI=1S/C20H14F5N3O2/c1-2-14-5-6-15(30-14)11-28-10-13(9-26-28)27-17(29)8-4-12-3-7-16(20(23,24)25)19(22)18(12)21/h2-10H,1,11H2,(H,27,29)/b8-4+. The maximum Gasteiger partial charge on any atom is 0.419 e. The van der Waals surface area contributed by atoms with Crippen molar-refractivity contribution in [3.63, 3.8) is 0 Å². The molecule has 30 heavy (non-hydrogen) atoms. The van der Waals surface area contributed by atoms with Crippen molar-refractivity contribution in [3.8, 4) is 0 Å². The molecule has 0 bridgehead atoms. The van der Waals surface area contributed by atoms with E-state index in [0.29, 0.717) is 29.8 Å². The molecule has 0 saturated carbocycles. The van der Waals surface area contributed by atoms with E-state index in [4.69, 9.17) is 4.42 Å². The highest BCUT2D eigenvalue weighted by Gasteiger charge is 2.35. The van der Waals surface area contributed by atoms with Crippen LogP contribution in [0.4, 0.5) is 27.6 Å². The molecule has 0 saturated heterocycles. The lowest BCUT2D eigenvalue weighted by Crippen LogP contribution is -2.10. The summed E-state index contributed by atoms with van der Waals surface area (Å²) in [6.07, 6.45) is 1.15. The van der Waals surface area contributed by atoms with Gasteiger partial charge in [-0.2, -0.15) is 18.3 Å². The average Bonchev–Trinajstić information content (AvgIpc) is 3.31. The van der Waals surface area contributed by atoms with Gasteiger partial charge >= 0.3 is 6.18 Å². The summed E-state index contributed by atoms with van der Waals surface area (Å²) in [4.78, 5) is 12.0. The van der Waals surface area contributed by atoms with Gasteiger partial charge in [-0.3, -0.25) is 9.48 Å². The predicted molar refractivity (Wildman–Crippen MR) is 99.2 cm³/mol. The number of rotatable bonds is 6. The first-order chi connectivity index (χ1) is 14.2. The Kier molecular flexibility index (Phi) is 5.86. The van der Waals surface area contributed by atoms with E-state index in [1.165, 1.54) is 17.1 Å². The number of amides is 1. The van der Waals surface area contributed by atoms with Crippen molar-refractivity contribution in [2.45, 2.75) is 12.7 Å². The summed E-state index contributed by atoms with van der Waals surface area (Å²) >= 11 is 0. The number of benzene rings is 1. The first kappa shape index (κ1) is 21.0. The number of nitrogens with zero attached hydrogens (tertiary/aromatic N) is 2. The van der Waals surface area contributed by atoms with Crippen molar-refractivity contribution in [3.05, 3.63) is 83.6 Å². The number of aromatic nitrogens is 2. The number of halogens is 5. The Morgan fingerprint density at radius 3 is 2.63 bits per heavy atom. The van der Waals surface area contributed by atoms with Crippen LogP contribution in [-0.4, -0.2) is 15.7 Å². The Bertz CT molecular complexity index is 1110. The molecule has 3 aromatic rings. The highest BCUT2D eigenvalue weighted by atomic mass is 19.4. The van der Waals surface area contributed by atoms with Crippen LogP contribution in [0.1, 0.15) is 22.6 Å². The zero-order chi connectivity index (χ0) is 21.9. The van der Waals surface area contributed by atoms with Crippen LogP contribution < -0.4 is 5.32 Å². The van der Waals surface area contributed by atoms with E-state index < -0.39 is 34.8 Å². The van der Waals surface area contributed by atoms with Crippen molar-refractivity contribution in [2.24, 2.45) is 0 Å². The number of carbonyl (C=O) groups excluding carboxylic acids is 1. The monoisotopic (exact) mass is 423 g/mol. The normalized spacial score (nSPS) is 11.8. The minimum absolute atomic E-state index is 0.301. The molecule has 0 atom stereocenters. The van der Waals surface area contributed by atoms with Crippen LogP contribution in [0.3, 0.4) is 0 Å². The summed E-state index contributed by atoms with van der Waals surface area (Å²) in [5.74, 6) is -3.21. The smallest absolute Gasteiger partial charge is 0.419 e. The molecule has 0 aliphatic carbocycles. The Hall–Kier alpha value is -3.69. The van der Waals surface area contributed by atoms with E-state index in [9.17, 15) is 26.7 Å². The minimum atomic E-state index is -5.02. The summed E-state index contributed by atoms with van der Waals surface area (Å²) in [5.41, 5.74) is -1.90. The fourth-order valence-corrected chi connectivity index (χ4v) is 2.52. The molecule has 5 nitrogen and oxygen atoms in total. The van der Waals surface area contributed by atoms with Gasteiger partial charge in [0.15, 0.2) is 11.6 Å². The lowest BCUT2D eigenvalue weighted by molar-refractivity contribution is -0.140. The van der Waals surface area contributed by atoms with Gasteiger partial charge in [0, 0.05) is 17.8 Å². The molecule has 0 unspecified atom stereocenters. The number of alkyl halides is 3. The van der Waals surface area contributed by atoms with Crippen molar-refractivity contribution >= 4 is 23.7 Å². The van der Waals surface area contributed by atoms with Crippen LogP contribution in [0.5, 0.6) is 0 Å². The Balaban J connectivity index is 1.64. The highest BCUT2D eigenvalue weighted by molar-refractivity contribution is 6.01. The summed E-state index contributed by atoms with van der Waals surface area (Å²) in [6.45, 7) is 3.89. The average molecular weight is 423 g/mol. The summed E-state index contributed by atoms with van der Waals surface area (Å²) in [7, 11) is 0. The molecular formula is C20H14F5N3O2. The third-order valence-corrected chi connectivity index (χ3v) is 3.93. The second-order valence-corrected chi connectivity index (χ2v) is 6.09. The van der Waals surface area contributed by atoms with E-state index in [0.717, 1.165) is 18.2 Å². The highest BCUT2D eigenvalue weighted by Crippen LogP contribution is 2.33. The Morgan fingerprint density at radius 2 is 1.97 bits per heavy atom. The summed E-state index contributed by atoms with van der Waals surface area (Å²) in [5, 5.41) is 6.50. The maximum atomic E-state index is 13.8. The molecule has 0 spiro atoms. The van der Waals surface area contributed by atoms with Crippen LogP contribution in [-0.2, 0) is 17.5 Å². The number of nitrogens with one attached hydrogen (secondary N) is 1. The maximum absolute atomic E-state index is 13.8. The van der Waals surface area contributed by atoms with Gasteiger partial charge in [0.1, 0.15) is 11.5 Å². The van der Waals surface area contributed by atoms with Crippen LogP contribution in [0.15, 0.2) is 53.7 Å². The van der Waals surface area contributed by atoms with E-state index in [-0.39, 0.29) is 0 Å². The van der Waals surface area contributed by atoms with Crippen molar-refractivity contribution < 1.29 is 31.2 Å². The van der Waals surface area contributed by atoms with E-state index in [1.807, 2.05) is 0 Å². The molecule has 0 fully saturated rings. The summed E-state index contributed by atoms with van der Waals surface area (Å²) in [6, 6.07) is 4.64. The fourth-order valence-electron chi connectivity index (χ4n) is 2.52. The number of hydrogen-bond donors (Lipinski definition) is 1. The molecule has 0 aliphatic rings. The van der Waals surface area contributed by atoms with Crippen molar-refractivity contribution in [1.29, 1.82) is 0 Å². The Labute approximate surface area is 167 Å². The molecule has 1 aromatic carbocycles. The zero-order valence-corrected chi connectivity index (χ0v) is 15.2. The van der Waals surface area contributed by atoms with Gasteiger partial charge in [-0.05, 0) is 30.4 Å². The third kappa shape index (κ3) is 4.83. The zero-order valence-electron chi connectivity index (χ0n) is 15.2. The lowest BCUT2D eigenvalue weighted by Gasteiger charge is -2.09. The third-order valence-electron chi connectivity index (χ3n) is 3.93. The fraction of sp³-hybridized carbons (Fsp3) is 0.100. The molecule has 2 heterocycles. The first-order valence-electron chi connectivity index (χ1n) is 8.45. The molecule has 0 aliphatic heterocycles. The van der Waals surface area contributed by atoms with Gasteiger partial charge in [-0.1, -0.05) is 12.6 Å². The van der Waals surface area contributed by atoms with Crippen LogP contribution in [0.25, 0.3) is 12.2 Å². The quantitative estimate of drug-likeness (QED) is 0.443. The van der Waals surface area contributed by atoms with Gasteiger partial charge in [0.2, 0.25) is 5.91 Å². The molecule has 0 radical (unpaired) electrons. The van der Waals surface area contributed by atoms with Crippen molar-refractivity contribution in [2.75, 3.05) is 5.32 Å². The molecule has 10 heteroatoms. The van der Waals surface area contributed by atoms with E-state index >= 15 is 0 Å². The van der Waals surface area contributed by atoms with E-state index in [1.54, 1.807) is 18.2 Å². The van der Waals surface area contributed by atoms with E-state index in [2.05, 4.69) is 17.0 Å². The number of carbonyl (C=O) groups is 1. The largest absolute Gasteiger partial charge is 0.460 e. The topological polar surface area (TPSA) is 60.1 Å². The molecular weight excluding hydrogens is 409 g/mol. The number of anilines is 1. The lowest BCUT2D eigenvalue weighted by atomic mass is 10.1. The SMILES string of the molecule is C=Cc1ccc(Cn2cc(NC(=O)/C=C/c3ccc(C(F)(F)F)c(F)c3F)cn2)o1. The second-order valence-electron chi connectivity index (χ2n) is 6.09. The van der Waals surface area contributed by atoms with Gasteiger partial charge < -0.3 is 9.73 Å². The van der Waals surface area contributed by atoms with Gasteiger partial charge in [-0.15, -0.1) is 0 Å². The molecule has 156 valence electrons. The minimum Gasteiger partial charge on any atom is -0.460 e. The number of hydrogen-bond acceptors (Lipinski definition) is 3. The van der Waals surface area contributed by atoms with Crippen LogP contribution in [0.2, 0.25) is 0 Å². The molecule has 2 aromatic heterocycles. The molecule has 1 amide bonds. The van der Waals surface area contributed by atoms with Gasteiger partial charge in [0.25, 0.3) is 0 Å². The molecule has 1 N–H and O–H groups in total. The van der Waals surface area contributed by atoms with Gasteiger partial charge in [-0.25, -0.2) is 8.78 Å². The Morgan fingerprint density at radius 1 is 1.20 bits per heavy atom.